The van der Waals surface area contributed by atoms with E-state index in [1.54, 1.807) is 18.2 Å². The molecule has 5 rings (SSSR count). The minimum absolute atomic E-state index is 0.0417. The van der Waals surface area contributed by atoms with E-state index in [2.05, 4.69) is 38.3 Å². The van der Waals surface area contributed by atoms with Crippen molar-refractivity contribution >= 4 is 75.0 Å². The predicted octanol–water partition coefficient (Wildman–Crippen LogP) is 6.42. The number of benzene rings is 3. The number of pyridine rings is 2. The van der Waals surface area contributed by atoms with Crippen molar-refractivity contribution in [2.45, 2.75) is 28.4 Å². The number of amidine groups is 1. The molecule has 0 aliphatic heterocycles. The van der Waals surface area contributed by atoms with Crippen LogP contribution in [0.15, 0.2) is 124 Å². The van der Waals surface area contributed by atoms with Gasteiger partial charge in [-0.2, -0.15) is 13.5 Å². The highest BCUT2D eigenvalue weighted by Crippen LogP contribution is 2.36. The summed E-state index contributed by atoms with van der Waals surface area (Å²) in [6.45, 7) is 1.46. The van der Waals surface area contributed by atoms with Gasteiger partial charge in [0, 0.05) is 41.9 Å². The molecule has 57 heavy (non-hydrogen) atoms. The van der Waals surface area contributed by atoms with Gasteiger partial charge >= 0.3 is 0 Å². The summed E-state index contributed by atoms with van der Waals surface area (Å²) < 4.78 is 36.0. The number of halogens is 2. The average molecular weight is 852 g/mol. The molecule has 0 bridgehead atoms. The first-order valence-electron chi connectivity index (χ1n) is 17.2. The molecule has 0 saturated carbocycles. The third kappa shape index (κ3) is 14.5. The Hall–Kier alpha value is -5.49. The van der Waals surface area contributed by atoms with E-state index < -0.39 is 10.1 Å². The van der Waals surface area contributed by atoms with Gasteiger partial charge in [0.1, 0.15) is 28.0 Å². The minimum atomic E-state index is -4.28. The Labute approximate surface area is 344 Å². The second kappa shape index (κ2) is 22.9. The van der Waals surface area contributed by atoms with Gasteiger partial charge in [-0.1, -0.05) is 77.8 Å². The number of hydrazone groups is 1. The molecule has 0 fully saturated rings. The van der Waals surface area contributed by atoms with Crippen molar-refractivity contribution in [1.82, 2.24) is 20.6 Å². The maximum atomic E-state index is 12.3. The second-order valence-electron chi connectivity index (χ2n) is 11.7. The van der Waals surface area contributed by atoms with Gasteiger partial charge in [0.2, 0.25) is 0 Å². The molecule has 3 aromatic carbocycles. The lowest BCUT2D eigenvalue weighted by Crippen LogP contribution is -2.29. The van der Waals surface area contributed by atoms with Gasteiger partial charge in [0.15, 0.2) is 6.29 Å². The fourth-order valence-electron chi connectivity index (χ4n) is 4.86. The van der Waals surface area contributed by atoms with Crippen LogP contribution < -0.4 is 32.5 Å². The van der Waals surface area contributed by atoms with Crippen LogP contribution in [0.25, 0.3) is 6.08 Å². The van der Waals surface area contributed by atoms with Crippen molar-refractivity contribution in [3.8, 4) is 5.75 Å². The van der Waals surface area contributed by atoms with E-state index >= 15 is 0 Å². The molecule has 0 radical (unpaired) electrons. The number of aldehydes is 1. The van der Waals surface area contributed by atoms with E-state index in [9.17, 15) is 18.0 Å². The standard InChI is InChI=1S/C32H34Cl2N8O2S.C7H6O4S/c33-25-8-4-9-26(34)31(25)45-21-24-11-13-28(44-19-16-22-6-2-1-3-7-22)27(40-24)12-15-29(41-35)37-17-5-18-38-32(43)23-10-14-30(42-36)39-20-23;8-5-6-3-1-2-4-7(6)12(9,10)11/h1-4,6-15,20H,5,16-19,21,35-36H2,(H,37,41)(H,38,43)(H,39,42);1-5H,(H,9,10,11)/b15-12+;. The Morgan fingerprint density at radius 2 is 1.65 bits per heavy atom. The van der Waals surface area contributed by atoms with Gasteiger partial charge in [0.05, 0.1) is 27.9 Å². The zero-order valence-electron chi connectivity index (χ0n) is 30.3. The van der Waals surface area contributed by atoms with Crippen LogP contribution in [0.1, 0.15) is 44.1 Å². The zero-order chi connectivity index (χ0) is 41.0. The van der Waals surface area contributed by atoms with Crippen LogP contribution in [0, 0.1) is 0 Å². The predicted molar refractivity (Wildman–Crippen MR) is 225 cm³/mol. The first kappa shape index (κ1) is 44.2. The molecule has 0 aliphatic carbocycles. The first-order valence-corrected chi connectivity index (χ1v) is 20.4. The van der Waals surface area contributed by atoms with E-state index in [0.29, 0.717) is 76.9 Å². The molecule has 2 aromatic heterocycles. The van der Waals surface area contributed by atoms with Gasteiger partial charge in [-0.25, -0.2) is 15.8 Å². The molecule has 18 heteroatoms. The number of ether oxygens (including phenoxy) is 1. The van der Waals surface area contributed by atoms with E-state index in [1.807, 2.05) is 54.6 Å². The monoisotopic (exact) mass is 850 g/mol. The Morgan fingerprint density at radius 3 is 2.30 bits per heavy atom. The molecule has 14 nitrogen and oxygen atoms in total. The number of hydrazine groups is 1. The summed E-state index contributed by atoms with van der Waals surface area (Å²) in [6, 6.07) is 28.1. The summed E-state index contributed by atoms with van der Waals surface area (Å²) in [7, 11) is -4.28. The first-order chi connectivity index (χ1) is 27.5. The highest BCUT2D eigenvalue weighted by molar-refractivity contribution is 7.98. The van der Waals surface area contributed by atoms with Gasteiger partial charge in [-0.3, -0.25) is 14.1 Å². The zero-order valence-corrected chi connectivity index (χ0v) is 33.5. The summed E-state index contributed by atoms with van der Waals surface area (Å²) in [4.78, 5) is 31.9. The largest absolute Gasteiger partial charge is 0.491 e. The molecule has 0 unspecified atom stereocenters. The van der Waals surface area contributed by atoms with E-state index in [4.69, 9.17) is 49.2 Å². The average Bonchev–Trinajstić information content (AvgIpc) is 3.22. The summed E-state index contributed by atoms with van der Waals surface area (Å²) in [6.07, 6.45) is 6.78. The summed E-state index contributed by atoms with van der Waals surface area (Å²) in [5, 5.41) is 11.1. The number of anilines is 1. The molecule has 0 spiro atoms. The highest BCUT2D eigenvalue weighted by atomic mass is 35.5. The second-order valence-corrected chi connectivity index (χ2v) is 14.9. The summed E-state index contributed by atoms with van der Waals surface area (Å²) >= 11 is 14.2. The number of hydrogen-bond donors (Lipinski definition) is 6. The molecule has 0 atom stereocenters. The molecular weight excluding hydrogens is 812 g/mol. The van der Waals surface area contributed by atoms with Gasteiger partial charge in [0.25, 0.3) is 16.0 Å². The number of rotatable bonds is 17. The lowest BCUT2D eigenvalue weighted by molar-refractivity contribution is 0.0952. The number of nitrogens with zero attached hydrogens (tertiary/aromatic N) is 3. The molecular formula is C39H40Cl2N8O6S2. The number of aromatic nitrogens is 2. The molecule has 0 saturated heterocycles. The van der Waals surface area contributed by atoms with Crippen LogP contribution in [0.3, 0.4) is 0 Å². The quantitative estimate of drug-likeness (QED) is 0.00869. The molecule has 298 valence electrons. The molecule has 5 aromatic rings. The molecule has 1 amide bonds. The Bertz CT molecular complexity index is 2250. The van der Waals surface area contributed by atoms with Gasteiger partial charge in [-0.15, -0.1) is 11.8 Å². The number of nitrogens with one attached hydrogen (secondary N) is 3. The van der Waals surface area contributed by atoms with Crippen molar-refractivity contribution in [1.29, 1.82) is 0 Å². The number of carbonyl (C=O) groups is 2. The fraction of sp³-hybridized carbons (Fsp3) is 0.154. The van der Waals surface area contributed by atoms with Gasteiger partial charge < -0.3 is 26.6 Å². The topological polar surface area (TPSA) is 224 Å². The smallest absolute Gasteiger partial charge is 0.295 e. The summed E-state index contributed by atoms with van der Waals surface area (Å²) in [5.74, 6) is 12.9. The van der Waals surface area contributed by atoms with Crippen LogP contribution in [0.5, 0.6) is 5.75 Å². The number of amides is 1. The maximum Gasteiger partial charge on any atom is 0.295 e. The number of nitrogen functional groups attached to an aromatic ring is 1. The number of hydrogen-bond acceptors (Lipinski definition) is 12. The number of nitrogens with two attached hydrogens (primary N) is 2. The van der Waals surface area contributed by atoms with Crippen molar-refractivity contribution in [3.63, 3.8) is 0 Å². The van der Waals surface area contributed by atoms with Crippen molar-refractivity contribution in [2.75, 3.05) is 25.1 Å². The molecule has 8 N–H and O–H groups in total. The van der Waals surface area contributed by atoms with Crippen LogP contribution in [-0.4, -0.2) is 60.7 Å². The number of carbonyl (C=O) groups excluding carboxylic acids is 2. The van der Waals surface area contributed by atoms with E-state index in [1.165, 1.54) is 47.8 Å². The molecule has 0 aliphatic rings. The normalized spacial score (nSPS) is 11.3. The van der Waals surface area contributed by atoms with Crippen LogP contribution in [0.4, 0.5) is 5.82 Å². The summed E-state index contributed by atoms with van der Waals surface area (Å²) in [5.41, 5.74) is 5.47. The van der Waals surface area contributed by atoms with Crippen molar-refractivity contribution in [2.24, 2.45) is 16.8 Å². The Morgan fingerprint density at radius 1 is 0.930 bits per heavy atom. The lowest BCUT2D eigenvalue weighted by atomic mass is 10.2. The number of thioether (sulfide) groups is 1. The van der Waals surface area contributed by atoms with Crippen LogP contribution >= 0.6 is 35.0 Å². The van der Waals surface area contributed by atoms with Crippen molar-refractivity contribution in [3.05, 3.63) is 147 Å². The van der Waals surface area contributed by atoms with Crippen LogP contribution in [-0.2, 0) is 22.3 Å². The van der Waals surface area contributed by atoms with E-state index in [0.717, 1.165) is 17.0 Å². The third-order valence-corrected chi connectivity index (χ3v) is 10.6. The SMILES string of the molecule is NN=C(/C=C/c1nc(CSc2c(Cl)cccc2Cl)ccc1OCCc1ccccc1)NCCCNC(=O)c1ccc(NN)nc1.O=Cc1ccccc1S(=O)(=O)O. The van der Waals surface area contributed by atoms with E-state index in [-0.39, 0.29) is 16.4 Å². The van der Waals surface area contributed by atoms with Crippen molar-refractivity contribution < 1.29 is 27.3 Å². The highest BCUT2D eigenvalue weighted by Gasteiger charge is 2.14. The van der Waals surface area contributed by atoms with Gasteiger partial charge in [-0.05, 0) is 66.6 Å². The fourth-order valence-corrected chi connectivity index (χ4v) is 7.11. The third-order valence-electron chi connectivity index (χ3n) is 7.70. The Balaban J connectivity index is 0.000000512. The minimum Gasteiger partial charge on any atom is -0.491 e. The maximum absolute atomic E-state index is 12.3. The lowest BCUT2D eigenvalue weighted by Gasteiger charge is -2.12. The molecule has 2 heterocycles. The van der Waals surface area contributed by atoms with Crippen LogP contribution in [0.2, 0.25) is 10.0 Å². The Kier molecular flexibility index (Phi) is 17.8.